The Labute approximate surface area is 154 Å². The highest BCUT2D eigenvalue weighted by atomic mass is 16.5. The highest BCUT2D eigenvalue weighted by molar-refractivity contribution is 5.94. The van der Waals surface area contributed by atoms with Gasteiger partial charge in [-0.3, -0.25) is 4.79 Å². The first-order chi connectivity index (χ1) is 12.4. The molecule has 2 aromatic rings. The van der Waals surface area contributed by atoms with Gasteiger partial charge < -0.3 is 14.8 Å². The van der Waals surface area contributed by atoms with E-state index in [-0.39, 0.29) is 17.6 Å². The minimum atomic E-state index is -0.332. The van der Waals surface area contributed by atoms with Gasteiger partial charge in [0.05, 0.1) is 6.04 Å². The fraction of sp³-hybridized carbons (Fsp3) is 0.318. The van der Waals surface area contributed by atoms with Crippen LogP contribution in [0.4, 0.5) is 0 Å². The molecule has 1 heterocycles. The first-order valence-electron chi connectivity index (χ1n) is 8.82. The first-order valence-corrected chi connectivity index (χ1v) is 8.82. The molecule has 1 amide bonds. The predicted octanol–water partition coefficient (Wildman–Crippen LogP) is 4.59. The SMILES string of the molecule is C=CCOc1ccc(C(=O)NC2CC(C)(C)Oc3cc(C)ccc32)cc1. The summed E-state index contributed by atoms with van der Waals surface area (Å²) in [5, 5.41) is 3.15. The van der Waals surface area contributed by atoms with Crippen LogP contribution in [-0.4, -0.2) is 18.1 Å². The summed E-state index contributed by atoms with van der Waals surface area (Å²) >= 11 is 0. The number of nitrogens with one attached hydrogen (secondary N) is 1. The molecule has 1 aliphatic rings. The van der Waals surface area contributed by atoms with E-state index < -0.39 is 0 Å². The topological polar surface area (TPSA) is 47.6 Å². The number of benzene rings is 2. The van der Waals surface area contributed by atoms with E-state index in [1.54, 1.807) is 30.3 Å². The van der Waals surface area contributed by atoms with Gasteiger partial charge in [-0.15, -0.1) is 0 Å². The Bertz CT molecular complexity index is 809. The normalized spacial score (nSPS) is 17.6. The minimum absolute atomic E-state index is 0.0847. The van der Waals surface area contributed by atoms with Crippen LogP contribution in [0.2, 0.25) is 0 Å². The van der Waals surface area contributed by atoms with Crippen molar-refractivity contribution in [2.45, 2.75) is 38.8 Å². The Morgan fingerprint density at radius 1 is 1.31 bits per heavy atom. The Balaban J connectivity index is 1.77. The summed E-state index contributed by atoms with van der Waals surface area (Å²) in [6.07, 6.45) is 2.40. The molecule has 4 nitrogen and oxygen atoms in total. The van der Waals surface area contributed by atoms with Crippen LogP contribution >= 0.6 is 0 Å². The third-order valence-corrected chi connectivity index (χ3v) is 4.42. The number of amides is 1. The van der Waals surface area contributed by atoms with Crippen molar-refractivity contribution in [3.8, 4) is 11.5 Å². The summed E-state index contributed by atoms with van der Waals surface area (Å²) < 4.78 is 11.6. The van der Waals surface area contributed by atoms with Crippen molar-refractivity contribution in [2.75, 3.05) is 6.61 Å². The molecule has 0 radical (unpaired) electrons. The molecule has 1 aliphatic heterocycles. The van der Waals surface area contributed by atoms with Crippen LogP contribution in [0, 0.1) is 6.92 Å². The summed E-state index contributed by atoms with van der Waals surface area (Å²) in [5.74, 6) is 1.46. The van der Waals surface area contributed by atoms with E-state index in [0.717, 1.165) is 29.0 Å². The van der Waals surface area contributed by atoms with Gasteiger partial charge in [-0.1, -0.05) is 24.8 Å². The van der Waals surface area contributed by atoms with E-state index in [0.29, 0.717) is 12.2 Å². The lowest BCUT2D eigenvalue weighted by molar-refractivity contribution is 0.0619. The number of hydrogen-bond acceptors (Lipinski definition) is 3. The lowest BCUT2D eigenvalue weighted by Gasteiger charge is -2.38. The summed E-state index contributed by atoms with van der Waals surface area (Å²) in [4.78, 5) is 12.7. The largest absolute Gasteiger partial charge is 0.490 e. The molecule has 136 valence electrons. The van der Waals surface area contributed by atoms with E-state index >= 15 is 0 Å². The lowest BCUT2D eigenvalue weighted by atomic mass is 9.89. The van der Waals surface area contributed by atoms with Crippen LogP contribution < -0.4 is 14.8 Å². The van der Waals surface area contributed by atoms with Crippen LogP contribution in [0.1, 0.15) is 47.8 Å². The molecule has 3 rings (SSSR count). The second-order valence-corrected chi connectivity index (χ2v) is 7.26. The van der Waals surface area contributed by atoms with Gasteiger partial charge in [0.15, 0.2) is 0 Å². The quantitative estimate of drug-likeness (QED) is 0.801. The van der Waals surface area contributed by atoms with Gasteiger partial charge in [-0.25, -0.2) is 0 Å². The lowest BCUT2D eigenvalue weighted by Crippen LogP contribution is -2.41. The second-order valence-electron chi connectivity index (χ2n) is 7.26. The maximum Gasteiger partial charge on any atom is 0.251 e. The number of fused-ring (bicyclic) bond motifs is 1. The molecular weight excluding hydrogens is 326 g/mol. The van der Waals surface area contributed by atoms with E-state index in [9.17, 15) is 4.79 Å². The number of ether oxygens (including phenoxy) is 2. The fourth-order valence-electron chi connectivity index (χ4n) is 3.19. The first kappa shape index (κ1) is 18.1. The molecule has 0 aromatic heterocycles. The predicted molar refractivity (Wildman–Crippen MR) is 103 cm³/mol. The van der Waals surface area contributed by atoms with Crippen molar-refractivity contribution in [2.24, 2.45) is 0 Å². The average Bonchev–Trinajstić information content (AvgIpc) is 2.59. The molecule has 1 atom stereocenters. The Morgan fingerprint density at radius 3 is 2.73 bits per heavy atom. The zero-order valence-corrected chi connectivity index (χ0v) is 15.5. The molecule has 0 spiro atoms. The highest BCUT2D eigenvalue weighted by Crippen LogP contribution is 2.40. The smallest absolute Gasteiger partial charge is 0.251 e. The Morgan fingerprint density at radius 2 is 2.04 bits per heavy atom. The van der Waals surface area contributed by atoms with Gasteiger partial charge >= 0.3 is 0 Å². The maximum atomic E-state index is 12.7. The van der Waals surface area contributed by atoms with Gasteiger partial charge in [0, 0.05) is 17.5 Å². The van der Waals surface area contributed by atoms with Crippen LogP contribution in [0.3, 0.4) is 0 Å². The summed E-state index contributed by atoms with van der Waals surface area (Å²) in [6.45, 7) is 10.2. The fourth-order valence-corrected chi connectivity index (χ4v) is 3.19. The zero-order chi connectivity index (χ0) is 18.7. The van der Waals surface area contributed by atoms with E-state index in [1.807, 2.05) is 39.0 Å². The molecule has 0 saturated heterocycles. The molecule has 1 unspecified atom stereocenters. The number of carbonyl (C=O) groups is 1. The third-order valence-electron chi connectivity index (χ3n) is 4.42. The standard InChI is InChI=1S/C22H25NO3/c1-5-12-25-17-9-7-16(8-10-17)21(24)23-19-14-22(3,4)26-20-13-15(2)6-11-18(19)20/h5-11,13,19H,1,12,14H2,2-4H3,(H,23,24). The molecular formula is C22H25NO3. The average molecular weight is 351 g/mol. The van der Waals surface area contributed by atoms with Crippen molar-refractivity contribution in [3.05, 3.63) is 71.8 Å². The van der Waals surface area contributed by atoms with Crippen LogP contribution in [0.25, 0.3) is 0 Å². The number of aryl methyl sites for hydroxylation is 1. The van der Waals surface area contributed by atoms with Crippen LogP contribution in [-0.2, 0) is 0 Å². The Hall–Kier alpha value is -2.75. The van der Waals surface area contributed by atoms with E-state index in [2.05, 4.69) is 11.9 Å². The zero-order valence-electron chi connectivity index (χ0n) is 15.5. The molecule has 0 aliphatic carbocycles. The molecule has 2 aromatic carbocycles. The van der Waals surface area contributed by atoms with Crippen molar-refractivity contribution in [1.82, 2.24) is 5.32 Å². The van der Waals surface area contributed by atoms with Gasteiger partial charge in [0.2, 0.25) is 0 Å². The third kappa shape index (κ3) is 4.07. The maximum absolute atomic E-state index is 12.7. The van der Waals surface area contributed by atoms with Crippen molar-refractivity contribution >= 4 is 5.91 Å². The minimum Gasteiger partial charge on any atom is -0.490 e. The number of rotatable bonds is 5. The molecule has 0 saturated carbocycles. The van der Waals surface area contributed by atoms with Crippen molar-refractivity contribution in [1.29, 1.82) is 0 Å². The number of carbonyl (C=O) groups excluding carboxylic acids is 1. The monoisotopic (exact) mass is 351 g/mol. The Kier molecular flexibility index (Phi) is 5.03. The second kappa shape index (κ2) is 7.24. The molecule has 1 N–H and O–H groups in total. The molecule has 0 bridgehead atoms. The highest BCUT2D eigenvalue weighted by Gasteiger charge is 2.34. The van der Waals surface area contributed by atoms with Crippen LogP contribution in [0.5, 0.6) is 11.5 Å². The molecule has 26 heavy (non-hydrogen) atoms. The molecule has 0 fully saturated rings. The van der Waals surface area contributed by atoms with Crippen LogP contribution in [0.15, 0.2) is 55.1 Å². The summed E-state index contributed by atoms with van der Waals surface area (Å²) in [6, 6.07) is 13.2. The van der Waals surface area contributed by atoms with Gasteiger partial charge in [-0.05, 0) is 56.7 Å². The van der Waals surface area contributed by atoms with Crippen molar-refractivity contribution in [3.63, 3.8) is 0 Å². The summed E-state index contributed by atoms with van der Waals surface area (Å²) in [5.41, 5.74) is 2.44. The van der Waals surface area contributed by atoms with Gasteiger partial charge in [0.1, 0.15) is 23.7 Å². The van der Waals surface area contributed by atoms with Gasteiger partial charge in [-0.2, -0.15) is 0 Å². The van der Waals surface area contributed by atoms with Crippen molar-refractivity contribution < 1.29 is 14.3 Å². The summed E-state index contributed by atoms with van der Waals surface area (Å²) in [7, 11) is 0. The van der Waals surface area contributed by atoms with E-state index in [4.69, 9.17) is 9.47 Å². The van der Waals surface area contributed by atoms with Gasteiger partial charge in [0.25, 0.3) is 5.91 Å². The molecule has 4 heteroatoms. The van der Waals surface area contributed by atoms with E-state index in [1.165, 1.54) is 0 Å². The number of hydrogen-bond donors (Lipinski definition) is 1.